The predicted octanol–water partition coefficient (Wildman–Crippen LogP) is 1.47. The molecule has 1 amide bonds. The summed E-state index contributed by atoms with van der Waals surface area (Å²) < 4.78 is 0. The second-order valence-electron chi connectivity index (χ2n) is 5.13. The summed E-state index contributed by atoms with van der Waals surface area (Å²) in [5.74, 6) is -0.152. The third-order valence-electron chi connectivity index (χ3n) is 3.09. The molecule has 0 saturated carbocycles. The highest BCUT2D eigenvalue weighted by Gasteiger charge is 2.20. The van der Waals surface area contributed by atoms with Crippen LogP contribution in [-0.2, 0) is 6.42 Å². The average molecular weight is 264 g/mol. The molecule has 0 aromatic heterocycles. The fraction of sp³-hybridized carbons (Fsp3) is 0.533. The van der Waals surface area contributed by atoms with Crippen LogP contribution in [0.4, 0.5) is 0 Å². The Hall–Kier alpha value is -1.39. The van der Waals surface area contributed by atoms with Gasteiger partial charge in [0, 0.05) is 12.1 Å². The Balaban J connectivity index is 2.68. The summed E-state index contributed by atoms with van der Waals surface area (Å²) in [6.07, 6.45) is 2.22. The van der Waals surface area contributed by atoms with Crippen molar-refractivity contribution in [1.29, 1.82) is 0 Å². The van der Waals surface area contributed by atoms with E-state index in [0.717, 1.165) is 12.0 Å². The lowest BCUT2D eigenvalue weighted by Crippen LogP contribution is -2.40. The molecule has 1 aromatic rings. The Kier molecular flexibility index (Phi) is 5.99. The first kappa shape index (κ1) is 15.7. The zero-order valence-electron chi connectivity index (χ0n) is 11.8. The summed E-state index contributed by atoms with van der Waals surface area (Å²) in [5, 5.41) is 12.8. The van der Waals surface area contributed by atoms with E-state index < -0.39 is 5.60 Å². The summed E-state index contributed by atoms with van der Waals surface area (Å²) in [5.41, 5.74) is 6.27. The standard InChI is InChI=1S/C15H24N2O2/c1-3-9-15(2,19)11-17-14(18)13-7-5-4-6-12(13)8-10-16/h4-7,19H,3,8-11,16H2,1-2H3,(H,17,18). The van der Waals surface area contributed by atoms with Gasteiger partial charge in [0.2, 0.25) is 0 Å². The molecule has 0 aliphatic rings. The van der Waals surface area contributed by atoms with Crippen LogP contribution >= 0.6 is 0 Å². The third kappa shape index (κ3) is 5.01. The molecule has 0 radical (unpaired) electrons. The van der Waals surface area contributed by atoms with Crippen LogP contribution in [0.5, 0.6) is 0 Å². The van der Waals surface area contributed by atoms with Gasteiger partial charge < -0.3 is 16.2 Å². The van der Waals surface area contributed by atoms with E-state index in [9.17, 15) is 9.90 Å². The van der Waals surface area contributed by atoms with Crippen LogP contribution in [0.3, 0.4) is 0 Å². The SMILES string of the molecule is CCCC(C)(O)CNC(=O)c1ccccc1CCN. The van der Waals surface area contributed by atoms with Crippen molar-refractivity contribution in [2.24, 2.45) is 5.73 Å². The first-order chi connectivity index (χ1) is 9.00. The van der Waals surface area contributed by atoms with Crippen molar-refractivity contribution >= 4 is 5.91 Å². The van der Waals surface area contributed by atoms with Crippen LogP contribution in [0.25, 0.3) is 0 Å². The van der Waals surface area contributed by atoms with Gasteiger partial charge in [-0.25, -0.2) is 0 Å². The van der Waals surface area contributed by atoms with Crippen molar-refractivity contribution in [1.82, 2.24) is 5.32 Å². The Bertz CT molecular complexity index is 416. The maximum absolute atomic E-state index is 12.1. The number of aliphatic hydroxyl groups is 1. The van der Waals surface area contributed by atoms with E-state index in [1.54, 1.807) is 13.0 Å². The van der Waals surface area contributed by atoms with E-state index in [2.05, 4.69) is 5.32 Å². The highest BCUT2D eigenvalue weighted by atomic mass is 16.3. The van der Waals surface area contributed by atoms with Crippen molar-refractivity contribution < 1.29 is 9.90 Å². The van der Waals surface area contributed by atoms with Crippen LogP contribution in [0, 0.1) is 0 Å². The zero-order valence-corrected chi connectivity index (χ0v) is 11.8. The average Bonchev–Trinajstić information content (AvgIpc) is 2.37. The molecule has 4 N–H and O–H groups in total. The number of carbonyl (C=O) groups is 1. The minimum atomic E-state index is -0.854. The van der Waals surface area contributed by atoms with Gasteiger partial charge >= 0.3 is 0 Å². The van der Waals surface area contributed by atoms with Crippen LogP contribution in [-0.4, -0.2) is 29.7 Å². The van der Waals surface area contributed by atoms with Gasteiger partial charge in [-0.2, -0.15) is 0 Å². The summed E-state index contributed by atoms with van der Waals surface area (Å²) in [4.78, 5) is 12.1. The number of rotatable bonds is 7. The van der Waals surface area contributed by atoms with Gasteiger partial charge in [0.1, 0.15) is 0 Å². The van der Waals surface area contributed by atoms with Crippen LogP contribution in [0.1, 0.15) is 42.6 Å². The van der Waals surface area contributed by atoms with Crippen molar-refractivity contribution in [2.75, 3.05) is 13.1 Å². The number of hydrogen-bond acceptors (Lipinski definition) is 3. The Labute approximate surface area is 115 Å². The largest absolute Gasteiger partial charge is 0.388 e. The molecule has 0 bridgehead atoms. The number of hydrogen-bond donors (Lipinski definition) is 3. The molecule has 0 aliphatic heterocycles. The Morgan fingerprint density at radius 2 is 2.11 bits per heavy atom. The molecule has 0 heterocycles. The van der Waals surface area contributed by atoms with Crippen LogP contribution in [0.2, 0.25) is 0 Å². The van der Waals surface area contributed by atoms with Crippen LogP contribution in [0.15, 0.2) is 24.3 Å². The number of nitrogens with two attached hydrogens (primary N) is 1. The lowest BCUT2D eigenvalue weighted by molar-refractivity contribution is 0.0469. The fourth-order valence-electron chi connectivity index (χ4n) is 2.11. The lowest BCUT2D eigenvalue weighted by atomic mass is 10.00. The predicted molar refractivity (Wildman–Crippen MR) is 77.1 cm³/mol. The molecule has 0 fully saturated rings. The first-order valence-corrected chi connectivity index (χ1v) is 6.78. The van der Waals surface area contributed by atoms with E-state index in [0.29, 0.717) is 24.9 Å². The Morgan fingerprint density at radius 3 is 2.74 bits per heavy atom. The van der Waals surface area contributed by atoms with E-state index >= 15 is 0 Å². The summed E-state index contributed by atoms with van der Waals surface area (Å²) >= 11 is 0. The number of amides is 1. The molecule has 4 nitrogen and oxygen atoms in total. The van der Waals surface area contributed by atoms with Crippen molar-refractivity contribution in [3.63, 3.8) is 0 Å². The molecule has 1 aromatic carbocycles. The lowest BCUT2D eigenvalue weighted by Gasteiger charge is -2.23. The van der Waals surface area contributed by atoms with Gasteiger partial charge in [-0.3, -0.25) is 4.79 Å². The molecule has 106 valence electrons. The minimum Gasteiger partial charge on any atom is -0.388 e. The van der Waals surface area contributed by atoms with Gasteiger partial charge in [-0.1, -0.05) is 31.5 Å². The second kappa shape index (κ2) is 7.26. The van der Waals surface area contributed by atoms with Gasteiger partial charge in [-0.15, -0.1) is 0 Å². The molecule has 0 aliphatic carbocycles. The van der Waals surface area contributed by atoms with E-state index in [-0.39, 0.29) is 12.5 Å². The number of benzene rings is 1. The van der Waals surface area contributed by atoms with E-state index in [4.69, 9.17) is 5.73 Å². The number of carbonyl (C=O) groups excluding carboxylic acids is 1. The number of nitrogens with one attached hydrogen (secondary N) is 1. The molecule has 0 spiro atoms. The molecular weight excluding hydrogens is 240 g/mol. The monoisotopic (exact) mass is 264 g/mol. The summed E-state index contributed by atoms with van der Waals surface area (Å²) in [7, 11) is 0. The highest BCUT2D eigenvalue weighted by Crippen LogP contribution is 2.12. The third-order valence-corrected chi connectivity index (χ3v) is 3.09. The van der Waals surface area contributed by atoms with Gasteiger partial charge in [0.05, 0.1) is 5.60 Å². The first-order valence-electron chi connectivity index (χ1n) is 6.78. The minimum absolute atomic E-state index is 0.152. The highest BCUT2D eigenvalue weighted by molar-refractivity contribution is 5.95. The van der Waals surface area contributed by atoms with Crippen molar-refractivity contribution in [3.05, 3.63) is 35.4 Å². The molecule has 1 unspecified atom stereocenters. The quantitative estimate of drug-likeness (QED) is 0.698. The van der Waals surface area contributed by atoms with E-state index in [1.807, 2.05) is 25.1 Å². The zero-order chi connectivity index (χ0) is 14.3. The normalized spacial score (nSPS) is 13.9. The molecule has 4 heteroatoms. The second-order valence-corrected chi connectivity index (χ2v) is 5.13. The molecule has 1 atom stereocenters. The molecule has 19 heavy (non-hydrogen) atoms. The Morgan fingerprint density at radius 1 is 1.42 bits per heavy atom. The van der Waals surface area contributed by atoms with Crippen molar-refractivity contribution in [2.45, 2.75) is 38.7 Å². The van der Waals surface area contributed by atoms with Gasteiger partial charge in [-0.05, 0) is 37.9 Å². The van der Waals surface area contributed by atoms with Crippen molar-refractivity contribution in [3.8, 4) is 0 Å². The molecule has 0 saturated heterocycles. The summed E-state index contributed by atoms with van der Waals surface area (Å²) in [6, 6.07) is 7.43. The topological polar surface area (TPSA) is 75.3 Å². The molecule has 1 rings (SSSR count). The summed E-state index contributed by atoms with van der Waals surface area (Å²) in [6.45, 7) is 4.52. The smallest absolute Gasteiger partial charge is 0.251 e. The van der Waals surface area contributed by atoms with Gasteiger partial charge in [0.25, 0.3) is 5.91 Å². The van der Waals surface area contributed by atoms with E-state index in [1.165, 1.54) is 0 Å². The van der Waals surface area contributed by atoms with Gasteiger partial charge in [0.15, 0.2) is 0 Å². The van der Waals surface area contributed by atoms with Crippen LogP contribution < -0.4 is 11.1 Å². The molecular formula is C15H24N2O2. The fourth-order valence-corrected chi connectivity index (χ4v) is 2.11. The maximum atomic E-state index is 12.1. The maximum Gasteiger partial charge on any atom is 0.251 e.